The minimum Gasteiger partial charge on any atom is -0.359 e. The summed E-state index contributed by atoms with van der Waals surface area (Å²) in [6, 6.07) is 3.10. The summed E-state index contributed by atoms with van der Waals surface area (Å²) in [7, 11) is 3.93. The van der Waals surface area contributed by atoms with Crippen LogP contribution in [0.4, 0.5) is 10.1 Å². The predicted octanol–water partition coefficient (Wildman–Crippen LogP) is 3.46. The molecular formula is C29H38ClFN4O4. The first kappa shape index (κ1) is 28.1. The summed E-state index contributed by atoms with van der Waals surface area (Å²) < 4.78 is 20.1. The highest BCUT2D eigenvalue weighted by Gasteiger charge is 2.72. The smallest absolute Gasteiger partial charge is 0.246 e. The Morgan fingerprint density at radius 2 is 2.00 bits per heavy atom. The van der Waals surface area contributed by atoms with Gasteiger partial charge in [-0.3, -0.25) is 14.4 Å². The molecule has 8 nitrogen and oxygen atoms in total. The van der Waals surface area contributed by atoms with Crippen LogP contribution in [0.15, 0.2) is 30.4 Å². The van der Waals surface area contributed by atoms with Gasteiger partial charge in [0.25, 0.3) is 0 Å². The minimum atomic E-state index is -1.21. The van der Waals surface area contributed by atoms with E-state index in [1.807, 2.05) is 25.1 Å². The minimum absolute atomic E-state index is 0.0281. The van der Waals surface area contributed by atoms with Crippen molar-refractivity contribution in [2.45, 2.75) is 63.3 Å². The molecule has 1 saturated carbocycles. The number of hydrogen-bond donors (Lipinski definition) is 2. The Morgan fingerprint density at radius 3 is 2.72 bits per heavy atom. The lowest BCUT2D eigenvalue weighted by Crippen LogP contribution is -2.58. The highest BCUT2D eigenvalue weighted by Crippen LogP contribution is 2.55. The van der Waals surface area contributed by atoms with Gasteiger partial charge in [-0.15, -0.1) is 0 Å². The molecule has 3 heterocycles. The number of hydrogen-bond acceptors (Lipinski definition) is 5. The Kier molecular flexibility index (Phi) is 7.79. The van der Waals surface area contributed by atoms with Gasteiger partial charge in [0.15, 0.2) is 0 Å². The number of likely N-dealkylation sites (tertiary alicyclic amines) is 1. The largest absolute Gasteiger partial charge is 0.359 e. The molecule has 4 aliphatic rings. The topological polar surface area (TPSA) is 91.0 Å². The molecule has 0 aromatic heterocycles. The molecule has 212 valence electrons. The second kappa shape index (κ2) is 10.8. The third-order valence-corrected chi connectivity index (χ3v) is 9.44. The molecule has 1 spiro atoms. The number of carbonyl (C=O) groups is 3. The number of amides is 3. The molecular weight excluding hydrogens is 523 g/mol. The van der Waals surface area contributed by atoms with Crippen LogP contribution < -0.4 is 10.6 Å². The third kappa shape index (κ3) is 4.98. The van der Waals surface area contributed by atoms with Gasteiger partial charge in [-0.2, -0.15) is 0 Å². The van der Waals surface area contributed by atoms with Crippen LogP contribution in [-0.2, 0) is 19.1 Å². The summed E-state index contributed by atoms with van der Waals surface area (Å²) in [6.45, 7) is 5.52. The highest BCUT2D eigenvalue weighted by atomic mass is 35.5. The summed E-state index contributed by atoms with van der Waals surface area (Å²) >= 11 is 5.90. The van der Waals surface area contributed by atoms with Crippen LogP contribution in [0.2, 0.25) is 5.02 Å². The number of halogens is 2. The summed E-state index contributed by atoms with van der Waals surface area (Å²) in [5, 5.41) is 5.94. The quantitative estimate of drug-likeness (QED) is 0.475. The van der Waals surface area contributed by atoms with E-state index in [-0.39, 0.29) is 22.9 Å². The van der Waals surface area contributed by atoms with Crippen molar-refractivity contribution in [3.8, 4) is 0 Å². The number of fused-ring (bicyclic) bond motifs is 1. The van der Waals surface area contributed by atoms with Gasteiger partial charge in [0, 0.05) is 18.3 Å². The van der Waals surface area contributed by atoms with Gasteiger partial charge < -0.3 is 25.2 Å². The van der Waals surface area contributed by atoms with E-state index in [1.54, 1.807) is 11.0 Å². The fourth-order valence-corrected chi connectivity index (χ4v) is 7.09. The molecule has 10 heteroatoms. The third-order valence-electron chi connectivity index (χ3n) is 9.15. The zero-order valence-electron chi connectivity index (χ0n) is 23.0. The summed E-state index contributed by atoms with van der Waals surface area (Å²) in [4.78, 5) is 45.2. The van der Waals surface area contributed by atoms with Crippen molar-refractivity contribution in [1.29, 1.82) is 0 Å². The van der Waals surface area contributed by atoms with Crippen LogP contribution in [-0.4, -0.2) is 78.5 Å². The Hall–Kier alpha value is -2.49. The van der Waals surface area contributed by atoms with Crippen molar-refractivity contribution < 1.29 is 23.5 Å². The van der Waals surface area contributed by atoms with Crippen molar-refractivity contribution in [2.75, 3.05) is 32.5 Å². The second-order valence-electron chi connectivity index (χ2n) is 11.9. The molecule has 8 unspecified atom stereocenters. The summed E-state index contributed by atoms with van der Waals surface area (Å²) in [5.41, 5.74) is -0.884. The van der Waals surface area contributed by atoms with Crippen LogP contribution >= 0.6 is 11.6 Å². The zero-order valence-corrected chi connectivity index (χ0v) is 23.7. The molecule has 3 aliphatic heterocycles. The molecule has 2 N–H and O–H groups in total. The molecule has 8 atom stereocenters. The molecule has 1 aliphatic carbocycles. The number of ether oxygens (including phenoxy) is 1. The average molecular weight is 561 g/mol. The Balaban J connectivity index is 1.42. The van der Waals surface area contributed by atoms with Crippen LogP contribution in [0.25, 0.3) is 0 Å². The fraction of sp³-hybridized carbons (Fsp3) is 0.621. The molecule has 0 radical (unpaired) electrons. The monoisotopic (exact) mass is 560 g/mol. The highest BCUT2D eigenvalue weighted by molar-refractivity contribution is 6.31. The van der Waals surface area contributed by atoms with Gasteiger partial charge in [-0.1, -0.05) is 50.4 Å². The van der Waals surface area contributed by atoms with Crippen LogP contribution in [0.5, 0.6) is 0 Å². The van der Waals surface area contributed by atoms with Gasteiger partial charge >= 0.3 is 0 Å². The molecule has 39 heavy (non-hydrogen) atoms. The van der Waals surface area contributed by atoms with Gasteiger partial charge in [0.05, 0.1) is 23.0 Å². The van der Waals surface area contributed by atoms with Crippen LogP contribution in [0.1, 0.15) is 39.5 Å². The first-order valence-corrected chi connectivity index (χ1v) is 14.3. The van der Waals surface area contributed by atoms with E-state index in [1.165, 1.54) is 18.2 Å². The van der Waals surface area contributed by atoms with Crippen molar-refractivity contribution in [3.63, 3.8) is 0 Å². The maximum atomic E-state index is 14.0. The Morgan fingerprint density at radius 1 is 1.23 bits per heavy atom. The first-order chi connectivity index (χ1) is 18.5. The molecule has 5 rings (SSSR count). The maximum Gasteiger partial charge on any atom is 0.246 e. The SMILES string of the molecule is CC1CCCC(NC(=O)C2N(CCCN(C)C)C(=O)C3C(C(=O)Nc4ccc(F)c(Cl)c4)C4C=CC32O4)C1C. The van der Waals surface area contributed by atoms with Crippen molar-refractivity contribution >= 4 is 35.0 Å². The average Bonchev–Trinajstić information content (AvgIpc) is 3.51. The van der Waals surface area contributed by atoms with Gasteiger partial charge in [0.1, 0.15) is 17.5 Å². The summed E-state index contributed by atoms with van der Waals surface area (Å²) in [5.74, 6) is -2.31. The lowest BCUT2D eigenvalue weighted by Gasteiger charge is -2.38. The van der Waals surface area contributed by atoms with E-state index in [9.17, 15) is 18.8 Å². The molecule has 3 fully saturated rings. The molecule has 2 saturated heterocycles. The molecule has 3 amide bonds. The lowest BCUT2D eigenvalue weighted by molar-refractivity contribution is -0.141. The van der Waals surface area contributed by atoms with Gasteiger partial charge in [0.2, 0.25) is 17.7 Å². The maximum absolute atomic E-state index is 14.0. The van der Waals surface area contributed by atoms with E-state index in [4.69, 9.17) is 16.3 Å². The normalized spacial score (nSPS) is 35.0. The molecule has 1 aromatic carbocycles. The fourth-order valence-electron chi connectivity index (χ4n) is 6.91. The first-order valence-electron chi connectivity index (χ1n) is 13.9. The second-order valence-corrected chi connectivity index (χ2v) is 12.3. The predicted molar refractivity (Wildman–Crippen MR) is 147 cm³/mol. The lowest BCUT2D eigenvalue weighted by atomic mass is 9.73. The number of rotatable bonds is 8. The standard InChI is InChI=1S/C29H38ClFN4O4/c1-16-7-5-8-21(17(16)2)33-27(37)25-29-12-11-22(39-29)23(24(29)28(38)35(25)14-6-13-34(3)4)26(36)32-18-9-10-20(31)19(30)15-18/h9-12,15-17,21-25H,5-8,13-14H2,1-4H3,(H,32,36)(H,33,37). The number of anilines is 1. The Labute approximate surface area is 234 Å². The number of nitrogens with one attached hydrogen (secondary N) is 2. The van der Waals surface area contributed by atoms with E-state index >= 15 is 0 Å². The van der Waals surface area contributed by atoms with Crippen LogP contribution in [0.3, 0.4) is 0 Å². The van der Waals surface area contributed by atoms with Crippen LogP contribution in [0, 0.1) is 29.5 Å². The number of nitrogens with zero attached hydrogens (tertiary/aromatic N) is 2. The van der Waals surface area contributed by atoms with E-state index in [0.717, 1.165) is 25.8 Å². The zero-order chi connectivity index (χ0) is 28.1. The van der Waals surface area contributed by atoms with E-state index < -0.39 is 41.3 Å². The van der Waals surface area contributed by atoms with Crippen molar-refractivity contribution in [2.24, 2.45) is 23.7 Å². The van der Waals surface area contributed by atoms with E-state index in [2.05, 4.69) is 24.5 Å². The van der Waals surface area contributed by atoms with Gasteiger partial charge in [-0.05, 0) is 63.5 Å². The Bertz CT molecular complexity index is 1180. The van der Waals surface area contributed by atoms with Gasteiger partial charge in [-0.25, -0.2) is 4.39 Å². The molecule has 2 bridgehead atoms. The van der Waals surface area contributed by atoms with Crippen molar-refractivity contribution in [1.82, 2.24) is 15.1 Å². The molecule has 1 aromatic rings. The van der Waals surface area contributed by atoms with E-state index in [0.29, 0.717) is 30.5 Å². The number of benzene rings is 1. The van der Waals surface area contributed by atoms with Crippen molar-refractivity contribution in [3.05, 3.63) is 41.2 Å². The number of carbonyl (C=O) groups excluding carboxylic acids is 3. The summed E-state index contributed by atoms with van der Waals surface area (Å²) in [6.07, 6.45) is 6.75.